The molecule has 33 heteroatoms. The molecular weight excluding hydrogens is 1870 g/mol. The van der Waals surface area contributed by atoms with Gasteiger partial charge >= 0.3 is 0 Å². The van der Waals surface area contributed by atoms with E-state index in [4.69, 9.17) is 0 Å². The third-order valence-corrected chi connectivity index (χ3v) is 31.5. The number of rotatable bonds is 16. The number of amides is 4. The van der Waals surface area contributed by atoms with Crippen LogP contribution >= 0.6 is 15.9 Å². The van der Waals surface area contributed by atoms with Gasteiger partial charge in [0.05, 0.1) is 27.7 Å². The number of anilines is 4. The van der Waals surface area contributed by atoms with E-state index in [1.807, 2.05) is 319 Å². The fourth-order valence-corrected chi connectivity index (χ4v) is 24.6. The molecule has 0 saturated carbocycles. The standard InChI is InChI=1S/C32H24N6O.C27H22BrN5O3.C26H21N5O3.C25H20N6O3/c1-31(18-32(19-33)25-13-4-2-11-23(25)27(31)24-12-3-5-14-26(24)32)29(39)36-30-35-28(37-38-30)21-9-6-8-20(16-21)22-10-7-15-34-17-22;1-15-8-7-11-18(22(15)28)23-29-25(32-31-23)30-24(34)26(2)14-27(33(35)36)19-12-5-3-9-16(19)21(26)17-10-4-6-13-20(17)27;1-25(23(32)28-24-27-22(29-30-24)16-9-3-2-4-10-16)15-26(31(33)34)19-13-7-5-11-17(19)21(25)18-12-6-8-14-20(18)26;1-24(22(32)28-23-27-21(29-30-23)15-7-6-12-26-13-15)14-25(31(33)34)18-10-4-2-8-16(18)20(24)17-9-3-5-11-19(17)25/h2-17,27H,18H2,1H3,(H2,35,36,37,38,39);3-13,21H,14H2,1-2H3,(H2,29,30,31,32,34);2-14,21H,15H2,1H3,(H2,27,28,29,30,32);2-13,20H,14H2,1H3,(H2,27,28,29,30,32). The van der Waals surface area contributed by atoms with Crippen LogP contribution in [0.15, 0.2) is 320 Å². The molecule has 0 aliphatic heterocycles. The molecule has 12 aliphatic rings. The molecule has 4 amide bonds. The van der Waals surface area contributed by atoms with Gasteiger partial charge in [0.25, 0.3) is 16.6 Å². The molecule has 0 radical (unpaired) electrons. The fourth-order valence-electron chi connectivity index (χ4n) is 24.2. The number of hydrogen-bond acceptors (Lipinski definition) is 21. The second kappa shape index (κ2) is 34.4. The van der Waals surface area contributed by atoms with Crippen molar-refractivity contribution in [2.45, 2.75) is 106 Å². The van der Waals surface area contributed by atoms with Crippen molar-refractivity contribution in [1.29, 1.82) is 5.26 Å². The maximum atomic E-state index is 14.0. The summed E-state index contributed by atoms with van der Waals surface area (Å²) in [4.78, 5) is 119. The van der Waals surface area contributed by atoms with Gasteiger partial charge in [-0.1, -0.05) is 267 Å². The van der Waals surface area contributed by atoms with Gasteiger partial charge in [0.1, 0.15) is 5.41 Å². The Morgan fingerprint density at radius 3 is 0.972 bits per heavy atom. The number of hydrogen-bond donors (Lipinski definition) is 8. The van der Waals surface area contributed by atoms with Crippen LogP contribution in [0.1, 0.15) is 172 Å². The second-order valence-electron chi connectivity index (χ2n) is 38.4. The maximum absolute atomic E-state index is 14.0. The number of benzene rings is 11. The monoisotopic (exact) mass is 1950 g/mol. The molecule has 8 bridgehead atoms. The summed E-state index contributed by atoms with van der Waals surface area (Å²) in [6.45, 7) is 9.35. The van der Waals surface area contributed by atoms with Gasteiger partial charge in [0, 0.05) is 148 Å². The molecule has 12 aliphatic carbocycles. The van der Waals surface area contributed by atoms with E-state index in [0.29, 0.717) is 63.1 Å². The highest BCUT2D eigenvalue weighted by Gasteiger charge is 2.71. The minimum absolute atomic E-state index is 0.0391. The Kier molecular flexibility index (Phi) is 21.8. The Morgan fingerprint density at radius 1 is 0.343 bits per heavy atom. The number of halogens is 1. The first-order chi connectivity index (χ1) is 69.2. The van der Waals surface area contributed by atoms with Gasteiger partial charge < -0.3 is 0 Å². The number of nitrogens with one attached hydrogen (secondary N) is 8. The molecule has 0 spiro atoms. The van der Waals surface area contributed by atoms with Crippen LogP contribution < -0.4 is 21.3 Å². The summed E-state index contributed by atoms with van der Waals surface area (Å²) in [5.74, 6) is 0.215. The molecule has 8 N–H and O–H groups in total. The highest BCUT2D eigenvalue weighted by atomic mass is 79.9. The van der Waals surface area contributed by atoms with Crippen molar-refractivity contribution in [3.8, 4) is 62.7 Å². The largest absolute Gasteiger partial charge is 0.293 e. The Balaban J connectivity index is 0.000000109. The number of carbonyl (C=O) groups excluding carboxylic acids is 4. The summed E-state index contributed by atoms with van der Waals surface area (Å²) in [6, 6.07) is 93.8. The lowest BCUT2D eigenvalue weighted by atomic mass is 9.47. The number of fused-ring (bicyclic) bond motifs is 4. The van der Waals surface area contributed by atoms with Gasteiger partial charge in [0.2, 0.25) is 47.4 Å². The van der Waals surface area contributed by atoms with Crippen molar-refractivity contribution in [2.24, 2.45) is 21.7 Å². The number of aromatic nitrogens is 14. The van der Waals surface area contributed by atoms with Crippen molar-refractivity contribution in [1.82, 2.24) is 70.7 Å². The molecule has 11 aromatic carbocycles. The van der Waals surface area contributed by atoms with E-state index in [1.165, 1.54) is 0 Å². The SMILES string of the molecule is CC1(C(=O)Nc2n[nH]c(-c3cccc(-c4cccnc4)c3)n2)CC2(C#N)c3ccccc3C1c1ccccc12.CC1(C(=O)Nc2n[nH]c(-c3ccccc3)n2)CC2([N+](=O)[O-])c3ccccc3C1c1ccccc12.CC1(C(=O)Nc2n[nH]c(-c3cccnc3)n2)CC2([N+](=O)[O-])c3ccccc3C1c1ccccc12.Cc1cccc(-c2nc(NC(=O)C3(C)CC4([N+](=O)[O-])c5ccccc5C3c3ccccc34)n[nH]2)c1Br. The summed E-state index contributed by atoms with van der Waals surface area (Å²) in [5, 5.41) is 88.6. The van der Waals surface area contributed by atoms with E-state index in [0.717, 1.165) is 99.1 Å². The van der Waals surface area contributed by atoms with Crippen LogP contribution in [0.4, 0.5) is 23.8 Å². The summed E-state index contributed by atoms with van der Waals surface area (Å²) >= 11 is 3.58. The van der Waals surface area contributed by atoms with Crippen molar-refractivity contribution < 1.29 is 33.9 Å². The quantitative estimate of drug-likeness (QED) is 0.0329. The van der Waals surface area contributed by atoms with Gasteiger partial charge in [-0.15, -0.1) is 20.4 Å². The molecule has 6 aromatic heterocycles. The normalized spacial score (nSPS) is 23.6. The number of H-pyrrole nitrogens is 4. The van der Waals surface area contributed by atoms with Gasteiger partial charge in [-0.05, 0) is 148 Å². The number of nitriles is 1. The maximum Gasteiger partial charge on any atom is 0.273 e. The van der Waals surface area contributed by atoms with Gasteiger partial charge in [-0.25, -0.2) is 0 Å². The van der Waals surface area contributed by atoms with Crippen LogP contribution in [0, 0.1) is 70.3 Å². The molecule has 32 nitrogen and oxygen atoms in total. The molecule has 6 heterocycles. The van der Waals surface area contributed by atoms with Crippen LogP contribution in [0.2, 0.25) is 0 Å². The summed E-state index contributed by atoms with van der Waals surface area (Å²) in [7, 11) is 0. The zero-order valence-corrected chi connectivity index (χ0v) is 79.0. The number of aromatic amines is 4. The smallest absolute Gasteiger partial charge is 0.273 e. The molecule has 0 fully saturated rings. The lowest BCUT2D eigenvalue weighted by molar-refractivity contribution is -0.573. The number of carbonyl (C=O) groups is 4. The van der Waals surface area contributed by atoms with Crippen molar-refractivity contribution in [2.75, 3.05) is 21.3 Å². The van der Waals surface area contributed by atoms with Crippen molar-refractivity contribution >= 4 is 63.4 Å². The summed E-state index contributed by atoms with van der Waals surface area (Å²) < 4.78 is 0.886. The molecule has 704 valence electrons. The third kappa shape index (κ3) is 14.1. The molecule has 17 aromatic rings. The number of nitro groups is 3. The molecule has 4 unspecified atom stereocenters. The lowest BCUT2D eigenvalue weighted by Gasteiger charge is -2.54. The Hall–Kier alpha value is -17.7. The van der Waals surface area contributed by atoms with Crippen LogP contribution in [0.25, 0.3) is 56.7 Å². The van der Waals surface area contributed by atoms with E-state index in [1.54, 1.807) is 31.6 Å². The Bertz CT molecular complexity index is 7710. The average molecular weight is 1960 g/mol. The van der Waals surface area contributed by atoms with E-state index in [-0.39, 0.29) is 105 Å². The van der Waals surface area contributed by atoms with E-state index in [2.05, 4.69) is 114 Å². The predicted octanol–water partition coefficient (Wildman–Crippen LogP) is 19.8. The zero-order valence-electron chi connectivity index (χ0n) is 77.4. The average Bonchev–Trinajstić information content (AvgIpc) is 1.31. The highest BCUT2D eigenvalue weighted by molar-refractivity contribution is 9.10. The highest BCUT2D eigenvalue weighted by Crippen LogP contribution is 2.69. The van der Waals surface area contributed by atoms with Crippen LogP contribution in [0.5, 0.6) is 0 Å². The fraction of sp³-hybridized carbons (Fsp3) is 0.191. The molecule has 4 atom stereocenters. The lowest BCUT2D eigenvalue weighted by Crippen LogP contribution is -2.57. The third-order valence-electron chi connectivity index (χ3n) is 30.4. The zero-order chi connectivity index (χ0) is 98.9. The minimum Gasteiger partial charge on any atom is -0.293 e. The van der Waals surface area contributed by atoms with Crippen LogP contribution in [-0.2, 0) is 41.2 Å². The number of nitrogens with zero attached hydrogens (tertiary/aromatic N) is 14. The topological polar surface area (TPSA) is 462 Å². The summed E-state index contributed by atoms with van der Waals surface area (Å²) in [5.41, 5.74) is 9.65. The Morgan fingerprint density at radius 2 is 0.622 bits per heavy atom. The molecular formula is C110H87BrN22O10. The van der Waals surface area contributed by atoms with Gasteiger partial charge in [-0.2, -0.15) is 25.2 Å². The molecule has 143 heavy (non-hydrogen) atoms. The Labute approximate surface area is 825 Å². The number of aryl methyl sites for hydroxylation is 1. The van der Waals surface area contributed by atoms with Gasteiger partial charge in [-0.3, -0.25) is 101 Å². The van der Waals surface area contributed by atoms with Crippen LogP contribution in [-0.4, -0.2) is 109 Å². The first-order valence-corrected chi connectivity index (χ1v) is 47.3. The van der Waals surface area contributed by atoms with Crippen molar-refractivity contribution in [3.05, 3.63) is 445 Å². The van der Waals surface area contributed by atoms with Crippen LogP contribution in [0.3, 0.4) is 0 Å². The molecule has 29 rings (SSSR count). The van der Waals surface area contributed by atoms with E-state index in [9.17, 15) is 54.8 Å². The number of pyridine rings is 2. The van der Waals surface area contributed by atoms with Gasteiger partial charge in [0.15, 0.2) is 23.3 Å². The van der Waals surface area contributed by atoms with E-state index < -0.39 is 43.7 Å². The molecule has 0 saturated heterocycles. The predicted molar refractivity (Wildman–Crippen MR) is 535 cm³/mol. The first-order valence-electron chi connectivity index (χ1n) is 46.5. The minimum atomic E-state index is -1.51. The summed E-state index contributed by atoms with van der Waals surface area (Å²) in [6.07, 6.45) is 7.36. The first kappa shape index (κ1) is 90.5. The van der Waals surface area contributed by atoms with E-state index >= 15 is 0 Å². The van der Waals surface area contributed by atoms with Crippen molar-refractivity contribution in [3.63, 3.8) is 0 Å². The second-order valence-corrected chi connectivity index (χ2v) is 39.2.